The van der Waals surface area contributed by atoms with Crippen LogP contribution in [0.4, 0.5) is 17.1 Å². The van der Waals surface area contributed by atoms with E-state index in [1.165, 1.54) is 0 Å². The van der Waals surface area contributed by atoms with Crippen molar-refractivity contribution in [2.45, 2.75) is 0 Å². The molecule has 4 heteroatoms. The maximum absolute atomic E-state index is 6.31. The minimum Gasteiger partial charge on any atom is -0.456 e. The van der Waals surface area contributed by atoms with Gasteiger partial charge in [-0.25, -0.2) is 0 Å². The Morgan fingerprint density at radius 3 is 1.26 bits per heavy atom. The summed E-state index contributed by atoms with van der Waals surface area (Å²) in [6, 6.07) is 70.0. The molecule has 0 aliphatic carbocycles. The third-order valence-corrected chi connectivity index (χ3v) is 10.9. The molecule has 11 aromatic rings. The molecule has 0 saturated heterocycles. The number of hydrogen-bond acceptors (Lipinski definition) is 4. The van der Waals surface area contributed by atoms with Gasteiger partial charge >= 0.3 is 0 Å². The van der Waals surface area contributed by atoms with E-state index < -0.39 is 0 Å². The Labute approximate surface area is 329 Å². The fourth-order valence-corrected chi connectivity index (χ4v) is 8.06. The lowest BCUT2D eigenvalue weighted by Crippen LogP contribution is -2.09. The predicted octanol–water partition coefficient (Wildman–Crippen LogP) is 15.0. The van der Waals surface area contributed by atoms with Crippen molar-refractivity contribution in [1.82, 2.24) is 4.98 Å². The lowest BCUT2D eigenvalue weighted by molar-refractivity contribution is 0.668. The predicted molar refractivity (Wildman–Crippen MR) is 235 cm³/mol. The van der Waals surface area contributed by atoms with Crippen LogP contribution in [-0.4, -0.2) is 4.98 Å². The zero-order chi connectivity index (χ0) is 37.7. The van der Waals surface area contributed by atoms with Crippen molar-refractivity contribution >= 4 is 60.9 Å². The summed E-state index contributed by atoms with van der Waals surface area (Å²) in [5, 5.41) is 4.46. The maximum atomic E-state index is 6.31. The van der Waals surface area contributed by atoms with E-state index in [1.807, 2.05) is 42.6 Å². The fourth-order valence-electron chi connectivity index (χ4n) is 8.06. The average Bonchev–Trinajstić information content (AvgIpc) is 3.85. The molecule has 11 rings (SSSR count). The van der Waals surface area contributed by atoms with Gasteiger partial charge in [0.25, 0.3) is 0 Å². The number of hydrogen-bond donors (Lipinski definition) is 0. The Hall–Kier alpha value is -7.69. The largest absolute Gasteiger partial charge is 0.456 e. The number of benzene rings is 8. The molecule has 0 fully saturated rings. The maximum Gasteiger partial charge on any atom is 0.136 e. The number of anilines is 3. The summed E-state index contributed by atoms with van der Waals surface area (Å²) in [4.78, 5) is 7.33. The number of aromatic nitrogens is 1. The van der Waals surface area contributed by atoms with Crippen LogP contribution < -0.4 is 4.90 Å². The van der Waals surface area contributed by atoms with Crippen molar-refractivity contribution in [3.8, 4) is 44.6 Å². The molecular weight excluding hydrogens is 697 g/mol. The van der Waals surface area contributed by atoms with E-state index in [9.17, 15) is 0 Å². The highest BCUT2D eigenvalue weighted by Gasteiger charge is 2.15. The third-order valence-electron chi connectivity index (χ3n) is 10.9. The van der Waals surface area contributed by atoms with Gasteiger partial charge in [-0.3, -0.25) is 4.98 Å². The van der Waals surface area contributed by atoms with E-state index in [-0.39, 0.29) is 0 Å². The number of para-hydroxylation sites is 4. The number of furan rings is 2. The van der Waals surface area contributed by atoms with E-state index in [0.29, 0.717) is 0 Å². The second-order valence-corrected chi connectivity index (χ2v) is 14.4. The van der Waals surface area contributed by atoms with Gasteiger partial charge in [-0.15, -0.1) is 0 Å². The van der Waals surface area contributed by atoms with E-state index in [4.69, 9.17) is 13.8 Å². The summed E-state index contributed by atoms with van der Waals surface area (Å²) < 4.78 is 12.6. The molecule has 0 atom stereocenters. The molecule has 0 unspecified atom stereocenters. The molecule has 57 heavy (non-hydrogen) atoms. The summed E-state index contributed by atoms with van der Waals surface area (Å²) >= 11 is 0. The highest BCUT2D eigenvalue weighted by molar-refractivity contribution is 6.07. The van der Waals surface area contributed by atoms with Crippen LogP contribution in [0.1, 0.15) is 0 Å². The van der Waals surface area contributed by atoms with Gasteiger partial charge in [0, 0.05) is 55.9 Å². The summed E-state index contributed by atoms with van der Waals surface area (Å²) in [5.41, 5.74) is 15.2. The summed E-state index contributed by atoms with van der Waals surface area (Å²) in [6.07, 6.45) is 1.98. The van der Waals surface area contributed by atoms with Crippen LogP contribution in [0.5, 0.6) is 0 Å². The molecule has 0 saturated carbocycles. The van der Waals surface area contributed by atoms with E-state index >= 15 is 0 Å². The first-order valence-electron chi connectivity index (χ1n) is 19.2. The molecule has 0 radical (unpaired) electrons. The molecule has 0 N–H and O–H groups in total. The van der Waals surface area contributed by atoms with Crippen LogP contribution in [0, 0.1) is 0 Å². The van der Waals surface area contributed by atoms with Gasteiger partial charge in [-0.05, 0) is 125 Å². The minimum absolute atomic E-state index is 0.869. The third kappa shape index (κ3) is 5.92. The van der Waals surface area contributed by atoms with Gasteiger partial charge in [0.2, 0.25) is 0 Å². The Kier molecular flexibility index (Phi) is 7.78. The van der Waals surface area contributed by atoms with Crippen LogP contribution in [0.2, 0.25) is 0 Å². The van der Waals surface area contributed by atoms with Crippen molar-refractivity contribution in [3.63, 3.8) is 0 Å². The topological polar surface area (TPSA) is 42.4 Å². The molecule has 0 aliphatic heterocycles. The van der Waals surface area contributed by atoms with Crippen molar-refractivity contribution in [1.29, 1.82) is 0 Å². The average molecular weight is 731 g/mol. The van der Waals surface area contributed by atoms with Crippen LogP contribution in [0.25, 0.3) is 88.5 Å². The second-order valence-electron chi connectivity index (χ2n) is 14.4. The lowest BCUT2D eigenvalue weighted by Gasteiger charge is -2.25. The zero-order valence-electron chi connectivity index (χ0n) is 30.8. The van der Waals surface area contributed by atoms with Crippen LogP contribution in [-0.2, 0) is 0 Å². The van der Waals surface area contributed by atoms with Crippen molar-refractivity contribution in [2.75, 3.05) is 4.90 Å². The minimum atomic E-state index is 0.869. The van der Waals surface area contributed by atoms with Crippen molar-refractivity contribution in [3.05, 3.63) is 206 Å². The number of rotatable bonds is 7. The molecule has 8 aromatic carbocycles. The number of pyridine rings is 1. The molecule has 0 spiro atoms. The summed E-state index contributed by atoms with van der Waals surface area (Å²) in [5.74, 6) is 0. The smallest absolute Gasteiger partial charge is 0.136 e. The summed E-state index contributed by atoms with van der Waals surface area (Å²) in [6.45, 7) is 0. The normalized spacial score (nSPS) is 11.5. The first-order valence-corrected chi connectivity index (χ1v) is 19.2. The molecule has 3 heterocycles. The monoisotopic (exact) mass is 730 g/mol. The molecular formula is C53H34N2O2. The fraction of sp³-hybridized carbons (Fsp3) is 0. The Morgan fingerprint density at radius 1 is 0.298 bits per heavy atom. The highest BCUT2D eigenvalue weighted by Crippen LogP contribution is 2.39. The Balaban J connectivity index is 0.974. The van der Waals surface area contributed by atoms with Crippen LogP contribution in [0.3, 0.4) is 0 Å². The SMILES string of the molecule is c1ccc(N(c2ccccc2)c2ccc(-c3ccc(-c4cc(-c5ccc6c(c5)oc5ccccc56)cc(-c5ccc6c(c5)oc5ccccc56)c4)nc3)cc2)cc1. The molecule has 0 aliphatic rings. The first kappa shape index (κ1) is 32.7. The van der Waals surface area contributed by atoms with Gasteiger partial charge in [-0.2, -0.15) is 0 Å². The number of nitrogens with zero attached hydrogens (tertiary/aromatic N) is 2. The van der Waals surface area contributed by atoms with Crippen LogP contribution in [0.15, 0.2) is 215 Å². The van der Waals surface area contributed by atoms with Gasteiger partial charge in [-0.1, -0.05) is 103 Å². The lowest BCUT2D eigenvalue weighted by atomic mass is 9.94. The summed E-state index contributed by atoms with van der Waals surface area (Å²) in [7, 11) is 0. The first-order chi connectivity index (χ1) is 28.2. The van der Waals surface area contributed by atoms with Crippen molar-refractivity contribution < 1.29 is 8.83 Å². The van der Waals surface area contributed by atoms with E-state index in [0.717, 1.165) is 106 Å². The van der Waals surface area contributed by atoms with Crippen molar-refractivity contribution in [2.24, 2.45) is 0 Å². The number of fused-ring (bicyclic) bond motifs is 6. The Morgan fingerprint density at radius 2 is 0.737 bits per heavy atom. The highest BCUT2D eigenvalue weighted by atomic mass is 16.3. The standard InChI is InChI=1S/C53H34N2O2/c1-3-11-42(12-4-1)55(43-13-5-2-6-14-43)44-24-19-35(20-25-44)38-23-28-49(54-34-38)41-30-39(36-21-26-47-45-15-7-9-17-50(45)56-52(47)32-36)29-40(31-41)37-22-27-48-46-16-8-10-18-51(46)57-53(48)33-37/h1-34H. The Bertz CT molecular complexity index is 3050. The molecule has 268 valence electrons. The van der Waals surface area contributed by atoms with Gasteiger partial charge in [0.05, 0.1) is 5.69 Å². The van der Waals surface area contributed by atoms with Gasteiger partial charge in [0.1, 0.15) is 22.3 Å². The zero-order valence-corrected chi connectivity index (χ0v) is 30.8. The van der Waals surface area contributed by atoms with E-state index in [2.05, 4.69) is 169 Å². The van der Waals surface area contributed by atoms with E-state index in [1.54, 1.807) is 0 Å². The van der Waals surface area contributed by atoms with Gasteiger partial charge < -0.3 is 13.7 Å². The quantitative estimate of drug-likeness (QED) is 0.164. The van der Waals surface area contributed by atoms with Crippen LogP contribution >= 0.6 is 0 Å². The molecule has 0 amide bonds. The second kappa shape index (κ2) is 13.6. The van der Waals surface area contributed by atoms with Gasteiger partial charge in [0.15, 0.2) is 0 Å². The molecule has 0 bridgehead atoms. The molecule has 3 aromatic heterocycles. The molecule has 4 nitrogen and oxygen atoms in total.